The molecule has 0 radical (unpaired) electrons. The van der Waals surface area contributed by atoms with Crippen LogP contribution in [0.4, 0.5) is 0 Å². The average molecular weight is 437 g/mol. The van der Waals surface area contributed by atoms with Crippen LogP contribution in [0.2, 0.25) is 0 Å². The fourth-order valence-electron chi connectivity index (χ4n) is 5.09. The van der Waals surface area contributed by atoms with Gasteiger partial charge in [-0.15, -0.1) is 0 Å². The van der Waals surface area contributed by atoms with E-state index in [9.17, 15) is 9.59 Å². The summed E-state index contributed by atoms with van der Waals surface area (Å²) in [4.78, 5) is 31.5. The first-order valence-corrected chi connectivity index (χ1v) is 11.5. The Morgan fingerprint density at radius 2 is 1.81 bits per heavy atom. The van der Waals surface area contributed by atoms with Crippen molar-refractivity contribution >= 4 is 11.8 Å². The summed E-state index contributed by atoms with van der Waals surface area (Å²) in [6.07, 6.45) is 2.76. The first-order valence-electron chi connectivity index (χ1n) is 11.5. The van der Waals surface area contributed by atoms with Gasteiger partial charge in [0.1, 0.15) is 0 Å². The Kier molecular flexibility index (Phi) is 6.40. The Hall–Kier alpha value is -3.02. The lowest BCUT2D eigenvalue weighted by Gasteiger charge is -2.46. The molecule has 0 saturated heterocycles. The number of amides is 2. The van der Waals surface area contributed by atoms with Crippen LogP contribution in [0.5, 0.6) is 11.5 Å². The van der Waals surface area contributed by atoms with Crippen LogP contribution in [-0.2, 0) is 11.2 Å². The van der Waals surface area contributed by atoms with E-state index in [1.807, 2.05) is 34.9 Å². The summed E-state index contributed by atoms with van der Waals surface area (Å²) >= 11 is 0. The van der Waals surface area contributed by atoms with E-state index in [1.165, 1.54) is 5.56 Å². The van der Waals surface area contributed by atoms with Crippen molar-refractivity contribution in [1.29, 1.82) is 0 Å². The molecule has 0 fully saturated rings. The highest BCUT2D eigenvalue weighted by Crippen LogP contribution is 2.49. The predicted molar refractivity (Wildman–Crippen MR) is 123 cm³/mol. The Labute approximate surface area is 190 Å². The third kappa shape index (κ3) is 3.61. The van der Waals surface area contributed by atoms with E-state index in [4.69, 9.17) is 9.47 Å². The van der Waals surface area contributed by atoms with Gasteiger partial charge in [-0.05, 0) is 48.6 Å². The largest absolute Gasteiger partial charge is 0.493 e. The normalized spacial score (nSPS) is 19.0. The number of nitrogens with zero attached hydrogens (tertiary/aromatic N) is 2. The standard InChI is InChI=1S/C26H32N2O4/c1-5-7-13-27(6-2)26(30)23-19-15-21(31-3)22(32-4)16-20(19)25(29)28-14-12-17-10-8-9-11-18(17)24(23)28/h8-11,15-16,23-24H,5-7,12-14H2,1-4H3/t23-,24+/m0/s1. The Morgan fingerprint density at radius 3 is 2.50 bits per heavy atom. The molecule has 2 amide bonds. The molecule has 0 spiro atoms. The van der Waals surface area contributed by atoms with Gasteiger partial charge in [-0.2, -0.15) is 0 Å². The van der Waals surface area contributed by atoms with E-state index in [1.54, 1.807) is 20.3 Å². The van der Waals surface area contributed by atoms with E-state index in [2.05, 4.69) is 19.1 Å². The zero-order valence-electron chi connectivity index (χ0n) is 19.4. The minimum Gasteiger partial charge on any atom is -0.493 e. The van der Waals surface area contributed by atoms with Crippen molar-refractivity contribution in [2.45, 2.75) is 45.1 Å². The number of benzene rings is 2. The molecule has 2 aliphatic heterocycles. The number of methoxy groups -OCH3 is 2. The Morgan fingerprint density at radius 1 is 1.09 bits per heavy atom. The van der Waals surface area contributed by atoms with Crippen LogP contribution in [0.3, 0.4) is 0 Å². The first kappa shape index (κ1) is 22.2. The van der Waals surface area contributed by atoms with Crippen LogP contribution in [-0.4, -0.2) is 55.5 Å². The number of unbranched alkanes of at least 4 members (excludes halogenated alkanes) is 1. The molecule has 170 valence electrons. The second-order valence-corrected chi connectivity index (χ2v) is 8.44. The molecule has 0 bridgehead atoms. The molecule has 32 heavy (non-hydrogen) atoms. The van der Waals surface area contributed by atoms with Crippen molar-refractivity contribution in [2.24, 2.45) is 0 Å². The summed E-state index contributed by atoms with van der Waals surface area (Å²) in [5.41, 5.74) is 3.53. The molecule has 0 unspecified atom stereocenters. The summed E-state index contributed by atoms with van der Waals surface area (Å²) in [7, 11) is 3.14. The highest BCUT2D eigenvalue weighted by molar-refractivity contribution is 6.02. The zero-order valence-corrected chi connectivity index (χ0v) is 19.4. The predicted octanol–water partition coefficient (Wildman–Crippen LogP) is 4.19. The lowest BCUT2D eigenvalue weighted by molar-refractivity contribution is -0.134. The van der Waals surface area contributed by atoms with Crippen molar-refractivity contribution in [1.82, 2.24) is 9.80 Å². The number of carbonyl (C=O) groups is 2. The molecular formula is C26H32N2O4. The molecule has 6 heteroatoms. The molecule has 6 nitrogen and oxygen atoms in total. The summed E-state index contributed by atoms with van der Waals surface area (Å²) in [5.74, 6) is 0.557. The number of likely N-dealkylation sites (N-methyl/N-ethyl adjacent to an activating group) is 1. The van der Waals surface area contributed by atoms with Crippen LogP contribution in [0.1, 0.15) is 65.7 Å². The lowest BCUT2D eigenvalue weighted by Crippen LogP contribution is -2.51. The van der Waals surface area contributed by atoms with Gasteiger partial charge in [0.15, 0.2) is 11.5 Å². The van der Waals surface area contributed by atoms with E-state index in [-0.39, 0.29) is 17.9 Å². The lowest BCUT2D eigenvalue weighted by atomic mass is 9.75. The highest BCUT2D eigenvalue weighted by Gasteiger charge is 2.47. The van der Waals surface area contributed by atoms with Gasteiger partial charge in [0.2, 0.25) is 5.91 Å². The summed E-state index contributed by atoms with van der Waals surface area (Å²) < 4.78 is 11.0. The van der Waals surface area contributed by atoms with Crippen LogP contribution in [0, 0.1) is 0 Å². The number of hydrogen-bond donors (Lipinski definition) is 0. The maximum absolute atomic E-state index is 14.0. The molecular weight excluding hydrogens is 404 g/mol. The second-order valence-electron chi connectivity index (χ2n) is 8.44. The molecule has 2 atom stereocenters. The topological polar surface area (TPSA) is 59.1 Å². The van der Waals surface area contributed by atoms with Gasteiger partial charge >= 0.3 is 0 Å². The molecule has 2 aliphatic rings. The van der Waals surface area contributed by atoms with Crippen molar-refractivity contribution in [3.05, 3.63) is 58.7 Å². The van der Waals surface area contributed by atoms with E-state index >= 15 is 0 Å². The van der Waals surface area contributed by atoms with Crippen LogP contribution in [0.15, 0.2) is 36.4 Å². The van der Waals surface area contributed by atoms with E-state index in [0.29, 0.717) is 36.7 Å². The van der Waals surface area contributed by atoms with Gasteiger partial charge in [-0.3, -0.25) is 9.59 Å². The first-order chi connectivity index (χ1) is 15.5. The van der Waals surface area contributed by atoms with Crippen molar-refractivity contribution < 1.29 is 19.1 Å². The molecule has 0 saturated carbocycles. The Balaban J connectivity index is 1.91. The molecule has 4 rings (SSSR count). The van der Waals surface area contributed by atoms with Crippen LogP contribution < -0.4 is 9.47 Å². The third-order valence-electron chi connectivity index (χ3n) is 6.77. The summed E-state index contributed by atoms with van der Waals surface area (Å²) in [6, 6.07) is 11.4. The van der Waals surface area contributed by atoms with Gasteiger partial charge in [0, 0.05) is 25.2 Å². The maximum Gasteiger partial charge on any atom is 0.254 e. The molecule has 2 heterocycles. The fraction of sp³-hybridized carbons (Fsp3) is 0.462. The quantitative estimate of drug-likeness (QED) is 0.653. The van der Waals surface area contributed by atoms with Gasteiger partial charge in [-0.1, -0.05) is 37.6 Å². The third-order valence-corrected chi connectivity index (χ3v) is 6.77. The SMILES string of the molecule is CCCCN(CC)C(=O)[C@H]1c2cc(OC)c(OC)cc2C(=O)N2CCc3ccccc3[C@H]12. The highest BCUT2D eigenvalue weighted by atomic mass is 16.5. The number of ether oxygens (including phenoxy) is 2. The number of hydrogen-bond acceptors (Lipinski definition) is 4. The molecule has 0 aliphatic carbocycles. The molecule has 0 aromatic heterocycles. The number of fused-ring (bicyclic) bond motifs is 4. The van der Waals surface area contributed by atoms with Gasteiger partial charge < -0.3 is 19.3 Å². The smallest absolute Gasteiger partial charge is 0.254 e. The number of rotatable bonds is 7. The molecule has 2 aromatic carbocycles. The fourth-order valence-corrected chi connectivity index (χ4v) is 5.09. The summed E-state index contributed by atoms with van der Waals surface area (Å²) in [6.45, 7) is 6.10. The molecule has 2 aromatic rings. The second kappa shape index (κ2) is 9.23. The van der Waals surface area contributed by atoms with Crippen molar-refractivity contribution in [3.63, 3.8) is 0 Å². The minimum atomic E-state index is -0.485. The maximum atomic E-state index is 14.0. The Bertz CT molecular complexity index is 1020. The van der Waals surface area contributed by atoms with Gasteiger partial charge in [0.05, 0.1) is 26.2 Å². The number of carbonyl (C=O) groups excluding carboxylic acids is 2. The van der Waals surface area contributed by atoms with Crippen molar-refractivity contribution in [3.8, 4) is 11.5 Å². The van der Waals surface area contributed by atoms with Crippen LogP contribution >= 0.6 is 0 Å². The van der Waals surface area contributed by atoms with Crippen LogP contribution in [0.25, 0.3) is 0 Å². The monoisotopic (exact) mass is 436 g/mol. The zero-order chi connectivity index (χ0) is 22.8. The van der Waals surface area contributed by atoms with Crippen molar-refractivity contribution in [2.75, 3.05) is 33.9 Å². The summed E-state index contributed by atoms with van der Waals surface area (Å²) in [5, 5.41) is 0. The average Bonchev–Trinajstić information content (AvgIpc) is 2.83. The van der Waals surface area contributed by atoms with Gasteiger partial charge in [-0.25, -0.2) is 0 Å². The van der Waals surface area contributed by atoms with E-state index < -0.39 is 5.92 Å². The van der Waals surface area contributed by atoms with E-state index in [0.717, 1.165) is 30.4 Å². The van der Waals surface area contributed by atoms with Gasteiger partial charge in [0.25, 0.3) is 5.91 Å². The minimum absolute atomic E-state index is 0.0545. The molecule has 0 N–H and O–H groups in total.